The number of methoxy groups -OCH3 is 3. The normalized spacial score (nSPS) is 13.5. The van der Waals surface area contributed by atoms with E-state index < -0.39 is 6.10 Å². The number of carbonyl (C=O) groups excluding carboxylic acids is 1. The van der Waals surface area contributed by atoms with Crippen molar-refractivity contribution < 1.29 is 19.0 Å². The molecule has 1 amide bonds. The smallest absolute Gasteiger partial charge is 0.249 e. The summed E-state index contributed by atoms with van der Waals surface area (Å²) in [5, 5.41) is 2.88. The van der Waals surface area contributed by atoms with Gasteiger partial charge in [0, 0.05) is 7.11 Å². The summed E-state index contributed by atoms with van der Waals surface area (Å²) in [6.45, 7) is 3.61. The van der Waals surface area contributed by atoms with Crippen molar-refractivity contribution in [2.24, 2.45) is 0 Å². The van der Waals surface area contributed by atoms with Crippen LogP contribution in [-0.2, 0) is 9.53 Å². The van der Waals surface area contributed by atoms with Crippen LogP contribution in [0.25, 0.3) is 0 Å². The lowest BCUT2D eigenvalue weighted by Crippen LogP contribution is -2.35. The third-order valence-corrected chi connectivity index (χ3v) is 2.99. The molecule has 5 nitrogen and oxygen atoms in total. The third-order valence-electron chi connectivity index (χ3n) is 2.99. The minimum atomic E-state index is -0.470. The second kappa shape index (κ2) is 6.99. The fourth-order valence-corrected chi connectivity index (χ4v) is 1.64. The Morgan fingerprint density at radius 2 is 1.74 bits per heavy atom. The van der Waals surface area contributed by atoms with Crippen LogP contribution in [-0.4, -0.2) is 33.3 Å². The summed E-state index contributed by atoms with van der Waals surface area (Å²) in [6, 6.07) is 5.42. The van der Waals surface area contributed by atoms with Gasteiger partial charge in [-0.2, -0.15) is 0 Å². The number of benzene rings is 1. The van der Waals surface area contributed by atoms with Crippen LogP contribution in [0.15, 0.2) is 18.2 Å². The van der Waals surface area contributed by atoms with Gasteiger partial charge >= 0.3 is 0 Å². The van der Waals surface area contributed by atoms with Crippen LogP contribution in [0.5, 0.6) is 11.5 Å². The fourth-order valence-electron chi connectivity index (χ4n) is 1.64. The van der Waals surface area contributed by atoms with E-state index in [1.807, 2.05) is 25.1 Å². The van der Waals surface area contributed by atoms with Crippen molar-refractivity contribution in [1.82, 2.24) is 5.32 Å². The Balaban J connectivity index is 2.82. The highest BCUT2D eigenvalue weighted by atomic mass is 16.5. The molecule has 2 atom stereocenters. The van der Waals surface area contributed by atoms with Crippen molar-refractivity contribution in [2.45, 2.75) is 26.0 Å². The molecule has 1 N–H and O–H groups in total. The zero-order chi connectivity index (χ0) is 14.4. The van der Waals surface area contributed by atoms with Gasteiger partial charge in [-0.3, -0.25) is 4.79 Å². The van der Waals surface area contributed by atoms with Crippen LogP contribution < -0.4 is 14.8 Å². The molecule has 0 saturated heterocycles. The molecule has 0 heterocycles. The molecule has 0 aliphatic heterocycles. The Kier molecular flexibility index (Phi) is 5.63. The van der Waals surface area contributed by atoms with Gasteiger partial charge in [0.2, 0.25) is 5.91 Å². The molecule has 2 unspecified atom stereocenters. The molecular formula is C14H21NO4. The van der Waals surface area contributed by atoms with Gasteiger partial charge in [-0.25, -0.2) is 0 Å². The van der Waals surface area contributed by atoms with Crippen LogP contribution in [0.2, 0.25) is 0 Å². The minimum absolute atomic E-state index is 0.134. The second-order valence-electron chi connectivity index (χ2n) is 4.22. The summed E-state index contributed by atoms with van der Waals surface area (Å²) in [7, 11) is 4.67. The van der Waals surface area contributed by atoms with Crippen molar-refractivity contribution in [3.05, 3.63) is 23.8 Å². The van der Waals surface area contributed by atoms with E-state index in [2.05, 4.69) is 5.32 Å². The van der Waals surface area contributed by atoms with Gasteiger partial charge in [-0.1, -0.05) is 6.07 Å². The first-order valence-corrected chi connectivity index (χ1v) is 6.08. The number of ether oxygens (including phenoxy) is 3. The average Bonchev–Trinajstić information content (AvgIpc) is 2.45. The molecule has 0 spiro atoms. The lowest BCUT2D eigenvalue weighted by Gasteiger charge is -2.18. The number of carbonyl (C=O) groups is 1. The lowest BCUT2D eigenvalue weighted by atomic mass is 10.1. The molecule has 1 aromatic carbocycles. The van der Waals surface area contributed by atoms with Crippen molar-refractivity contribution in [3.8, 4) is 11.5 Å². The third kappa shape index (κ3) is 3.86. The number of hydrogen-bond donors (Lipinski definition) is 1. The van der Waals surface area contributed by atoms with Crippen LogP contribution in [0.1, 0.15) is 25.5 Å². The Bertz CT molecular complexity index is 433. The highest BCUT2D eigenvalue weighted by Gasteiger charge is 2.16. The van der Waals surface area contributed by atoms with Gasteiger partial charge in [0.15, 0.2) is 11.5 Å². The van der Waals surface area contributed by atoms with E-state index >= 15 is 0 Å². The van der Waals surface area contributed by atoms with E-state index in [4.69, 9.17) is 14.2 Å². The number of nitrogens with one attached hydrogen (secondary N) is 1. The summed E-state index contributed by atoms with van der Waals surface area (Å²) in [5.41, 5.74) is 0.939. The molecule has 5 heteroatoms. The Morgan fingerprint density at radius 1 is 1.11 bits per heavy atom. The van der Waals surface area contributed by atoms with E-state index in [0.29, 0.717) is 11.5 Å². The second-order valence-corrected chi connectivity index (χ2v) is 4.22. The maximum absolute atomic E-state index is 11.7. The fraction of sp³-hybridized carbons (Fsp3) is 0.500. The molecule has 19 heavy (non-hydrogen) atoms. The SMILES string of the molecule is COc1ccc(C(C)NC(=O)C(C)OC)cc1OC. The van der Waals surface area contributed by atoms with E-state index in [0.717, 1.165) is 5.56 Å². The van der Waals surface area contributed by atoms with Gasteiger partial charge < -0.3 is 19.5 Å². The molecule has 0 aliphatic rings. The van der Waals surface area contributed by atoms with Crippen LogP contribution in [0, 0.1) is 0 Å². The van der Waals surface area contributed by atoms with Crippen LogP contribution in [0.4, 0.5) is 0 Å². The quantitative estimate of drug-likeness (QED) is 0.855. The van der Waals surface area contributed by atoms with E-state index in [9.17, 15) is 4.79 Å². The van der Waals surface area contributed by atoms with E-state index in [1.54, 1.807) is 21.1 Å². The topological polar surface area (TPSA) is 56.8 Å². The molecule has 1 aromatic rings. The summed E-state index contributed by atoms with van der Waals surface area (Å²) in [5.74, 6) is 1.15. The Hall–Kier alpha value is -1.75. The van der Waals surface area contributed by atoms with E-state index in [1.165, 1.54) is 7.11 Å². The maximum atomic E-state index is 11.7. The van der Waals surface area contributed by atoms with Gasteiger partial charge in [-0.15, -0.1) is 0 Å². The highest BCUT2D eigenvalue weighted by molar-refractivity contribution is 5.80. The summed E-state index contributed by atoms with van der Waals surface area (Å²) in [6.07, 6.45) is -0.470. The molecule has 0 aromatic heterocycles. The first-order chi connectivity index (χ1) is 9.03. The molecule has 106 valence electrons. The van der Waals surface area contributed by atoms with Gasteiger partial charge in [0.1, 0.15) is 6.10 Å². The van der Waals surface area contributed by atoms with Gasteiger partial charge in [0.05, 0.1) is 20.3 Å². The zero-order valence-electron chi connectivity index (χ0n) is 12.0. The first kappa shape index (κ1) is 15.3. The predicted octanol–water partition coefficient (Wildman–Crippen LogP) is 1.92. The predicted molar refractivity (Wildman–Crippen MR) is 72.6 cm³/mol. The minimum Gasteiger partial charge on any atom is -0.493 e. The molecule has 0 bridgehead atoms. The average molecular weight is 267 g/mol. The largest absolute Gasteiger partial charge is 0.493 e. The van der Waals surface area contributed by atoms with Crippen molar-refractivity contribution in [3.63, 3.8) is 0 Å². The molecule has 1 rings (SSSR count). The summed E-state index contributed by atoms with van der Waals surface area (Å²) in [4.78, 5) is 11.7. The summed E-state index contributed by atoms with van der Waals surface area (Å²) < 4.78 is 15.4. The van der Waals surface area contributed by atoms with Gasteiger partial charge in [-0.05, 0) is 31.5 Å². The van der Waals surface area contributed by atoms with Crippen molar-refractivity contribution in [2.75, 3.05) is 21.3 Å². The van der Waals surface area contributed by atoms with Gasteiger partial charge in [0.25, 0.3) is 0 Å². The molecule has 0 radical (unpaired) electrons. The molecule has 0 aliphatic carbocycles. The standard InChI is InChI=1S/C14H21NO4/c1-9(15-14(16)10(2)17-3)11-6-7-12(18-4)13(8-11)19-5/h6-10H,1-5H3,(H,15,16). The summed E-state index contributed by atoms with van der Waals surface area (Å²) >= 11 is 0. The Morgan fingerprint density at radius 3 is 2.26 bits per heavy atom. The van der Waals surface area contributed by atoms with Crippen molar-refractivity contribution >= 4 is 5.91 Å². The molecule has 0 saturated carbocycles. The molecule has 0 fully saturated rings. The number of rotatable bonds is 6. The van der Waals surface area contributed by atoms with Crippen LogP contribution in [0.3, 0.4) is 0 Å². The number of hydrogen-bond acceptors (Lipinski definition) is 4. The maximum Gasteiger partial charge on any atom is 0.249 e. The first-order valence-electron chi connectivity index (χ1n) is 6.08. The van der Waals surface area contributed by atoms with Crippen LogP contribution >= 0.6 is 0 Å². The Labute approximate surface area is 113 Å². The van der Waals surface area contributed by atoms with E-state index in [-0.39, 0.29) is 11.9 Å². The number of amides is 1. The lowest BCUT2D eigenvalue weighted by molar-refractivity contribution is -0.130. The monoisotopic (exact) mass is 267 g/mol. The highest BCUT2D eigenvalue weighted by Crippen LogP contribution is 2.29. The zero-order valence-corrected chi connectivity index (χ0v) is 12.0. The molecular weight excluding hydrogens is 246 g/mol. The van der Waals surface area contributed by atoms with Crippen molar-refractivity contribution in [1.29, 1.82) is 0 Å².